The van der Waals surface area contributed by atoms with Gasteiger partial charge < -0.3 is 15.7 Å². The number of carboxylic acid groups (broad SMARTS) is 1. The fourth-order valence-electron chi connectivity index (χ4n) is 1.21. The predicted octanol–water partition coefficient (Wildman–Crippen LogP) is 0.211. The highest BCUT2D eigenvalue weighted by atomic mass is 32.1. The minimum atomic E-state index is -0.914. The van der Waals surface area contributed by atoms with E-state index in [0.29, 0.717) is 16.4 Å². The Morgan fingerprint density at radius 2 is 2.25 bits per heavy atom. The molecule has 0 aromatic rings. The number of carboxylic acids is 1. The first-order chi connectivity index (χ1) is 5.52. The summed E-state index contributed by atoms with van der Waals surface area (Å²) in [4.78, 5) is 10.7. The van der Waals surface area contributed by atoms with E-state index in [4.69, 9.17) is 17.3 Å². The first-order valence-electron chi connectivity index (χ1n) is 3.54. The maximum Gasteiger partial charge on any atom is 0.335 e. The third-order valence-corrected chi connectivity index (χ3v) is 1.94. The van der Waals surface area contributed by atoms with Crippen molar-refractivity contribution in [1.82, 2.24) is 10.6 Å². The van der Waals surface area contributed by atoms with Gasteiger partial charge in [-0.3, -0.25) is 0 Å². The van der Waals surface area contributed by atoms with Crippen LogP contribution in [-0.2, 0) is 4.79 Å². The van der Waals surface area contributed by atoms with Crippen molar-refractivity contribution in [3.63, 3.8) is 0 Å². The van der Waals surface area contributed by atoms with Crippen LogP contribution in [0.25, 0.3) is 0 Å². The summed E-state index contributed by atoms with van der Waals surface area (Å²) < 4.78 is 0. The Labute approximate surface area is 75.6 Å². The highest BCUT2D eigenvalue weighted by Gasteiger charge is 2.24. The van der Waals surface area contributed by atoms with E-state index >= 15 is 0 Å². The molecule has 0 radical (unpaired) electrons. The van der Waals surface area contributed by atoms with Gasteiger partial charge in [0.2, 0.25) is 0 Å². The number of carbonyl (C=O) groups is 1. The van der Waals surface area contributed by atoms with Crippen molar-refractivity contribution in [2.75, 3.05) is 0 Å². The highest BCUT2D eigenvalue weighted by Crippen LogP contribution is 2.11. The van der Waals surface area contributed by atoms with E-state index in [1.807, 2.05) is 0 Å². The SMILES string of the molecule is CC1=C(C(=O)O)C(C)NC(=S)N1. The molecule has 0 aromatic heterocycles. The van der Waals surface area contributed by atoms with Crippen LogP contribution in [0.15, 0.2) is 11.3 Å². The quantitative estimate of drug-likeness (QED) is 0.511. The van der Waals surface area contributed by atoms with Gasteiger partial charge in [0.05, 0.1) is 11.6 Å². The number of thiocarbonyl (C=S) groups is 1. The second-order valence-corrected chi connectivity index (χ2v) is 3.07. The summed E-state index contributed by atoms with van der Waals surface area (Å²) in [6.07, 6.45) is 0. The smallest absolute Gasteiger partial charge is 0.335 e. The van der Waals surface area contributed by atoms with Crippen LogP contribution < -0.4 is 10.6 Å². The van der Waals surface area contributed by atoms with Crippen LogP contribution in [0.4, 0.5) is 0 Å². The second-order valence-electron chi connectivity index (χ2n) is 2.66. The zero-order valence-corrected chi connectivity index (χ0v) is 7.66. The third-order valence-electron chi connectivity index (χ3n) is 1.72. The molecular formula is C7H10N2O2S. The van der Waals surface area contributed by atoms with Crippen molar-refractivity contribution in [1.29, 1.82) is 0 Å². The zero-order valence-electron chi connectivity index (χ0n) is 6.84. The maximum atomic E-state index is 10.7. The Morgan fingerprint density at radius 1 is 1.67 bits per heavy atom. The topological polar surface area (TPSA) is 61.4 Å². The van der Waals surface area contributed by atoms with Gasteiger partial charge in [0.15, 0.2) is 5.11 Å². The second kappa shape index (κ2) is 3.10. The molecule has 1 unspecified atom stereocenters. The molecule has 0 bridgehead atoms. The molecule has 0 fully saturated rings. The number of hydrogen-bond donors (Lipinski definition) is 3. The van der Waals surface area contributed by atoms with Crippen molar-refractivity contribution in [2.24, 2.45) is 0 Å². The maximum absolute atomic E-state index is 10.7. The zero-order chi connectivity index (χ0) is 9.30. The molecule has 0 aromatic carbocycles. The number of hydrogen-bond acceptors (Lipinski definition) is 2. The molecule has 1 heterocycles. The van der Waals surface area contributed by atoms with Crippen molar-refractivity contribution in [2.45, 2.75) is 19.9 Å². The van der Waals surface area contributed by atoms with E-state index in [1.54, 1.807) is 13.8 Å². The summed E-state index contributed by atoms with van der Waals surface area (Å²) in [7, 11) is 0. The summed E-state index contributed by atoms with van der Waals surface area (Å²) in [5, 5.41) is 14.8. The molecule has 5 heteroatoms. The van der Waals surface area contributed by atoms with Gasteiger partial charge in [-0.2, -0.15) is 0 Å². The summed E-state index contributed by atoms with van der Waals surface area (Å²) in [6.45, 7) is 3.47. The molecule has 66 valence electrons. The van der Waals surface area contributed by atoms with E-state index < -0.39 is 5.97 Å². The molecule has 1 aliphatic rings. The molecule has 1 rings (SSSR count). The van der Waals surface area contributed by atoms with Crippen molar-refractivity contribution >= 4 is 23.3 Å². The Morgan fingerprint density at radius 3 is 2.67 bits per heavy atom. The summed E-state index contributed by atoms with van der Waals surface area (Å²) in [5.74, 6) is -0.914. The molecule has 0 aliphatic carbocycles. The monoisotopic (exact) mass is 186 g/mol. The van der Waals surface area contributed by atoms with Crippen LogP contribution in [0.2, 0.25) is 0 Å². The van der Waals surface area contributed by atoms with Crippen LogP contribution in [0.1, 0.15) is 13.8 Å². The van der Waals surface area contributed by atoms with E-state index in [-0.39, 0.29) is 6.04 Å². The average molecular weight is 186 g/mol. The largest absolute Gasteiger partial charge is 0.478 e. The minimum Gasteiger partial charge on any atom is -0.478 e. The summed E-state index contributed by atoms with van der Waals surface area (Å²) in [5.41, 5.74) is 0.947. The van der Waals surface area contributed by atoms with Gasteiger partial charge in [-0.05, 0) is 26.1 Å². The lowest BCUT2D eigenvalue weighted by Crippen LogP contribution is -2.48. The molecular weight excluding hydrogens is 176 g/mol. The standard InChI is InChI=1S/C7H10N2O2S/c1-3-5(6(10)11)4(2)9-7(12)8-3/h3H,1-2H3,(H,10,11)(H2,8,9,12). The number of rotatable bonds is 1. The number of nitrogens with one attached hydrogen (secondary N) is 2. The van der Waals surface area contributed by atoms with Gasteiger partial charge in [-0.1, -0.05) is 0 Å². The Balaban J connectivity index is 3.01. The fourth-order valence-corrected chi connectivity index (χ4v) is 1.54. The lowest BCUT2D eigenvalue weighted by atomic mass is 10.1. The minimum absolute atomic E-state index is 0.226. The first kappa shape index (κ1) is 8.99. The van der Waals surface area contributed by atoms with Gasteiger partial charge in [-0.25, -0.2) is 4.79 Å². The lowest BCUT2D eigenvalue weighted by Gasteiger charge is -2.25. The number of aliphatic carboxylic acids is 1. The Bertz CT molecular complexity index is 273. The normalized spacial score (nSPS) is 23.2. The van der Waals surface area contributed by atoms with E-state index in [0.717, 1.165) is 0 Å². The third kappa shape index (κ3) is 1.55. The first-order valence-corrected chi connectivity index (χ1v) is 3.94. The van der Waals surface area contributed by atoms with Gasteiger partial charge >= 0.3 is 5.97 Å². The van der Waals surface area contributed by atoms with Crippen molar-refractivity contribution in [3.8, 4) is 0 Å². The van der Waals surface area contributed by atoms with Crippen molar-refractivity contribution < 1.29 is 9.90 Å². The van der Waals surface area contributed by atoms with Crippen molar-refractivity contribution in [3.05, 3.63) is 11.3 Å². The van der Waals surface area contributed by atoms with Crippen LogP contribution >= 0.6 is 12.2 Å². The van der Waals surface area contributed by atoms with E-state index in [9.17, 15) is 4.79 Å². The van der Waals surface area contributed by atoms with Crippen LogP contribution in [-0.4, -0.2) is 22.2 Å². The van der Waals surface area contributed by atoms with Crippen LogP contribution in [0.5, 0.6) is 0 Å². The lowest BCUT2D eigenvalue weighted by molar-refractivity contribution is -0.133. The predicted molar refractivity (Wildman–Crippen MR) is 48.7 cm³/mol. The molecule has 0 amide bonds. The summed E-state index contributed by atoms with van der Waals surface area (Å²) >= 11 is 4.85. The van der Waals surface area contributed by atoms with Gasteiger partial charge in [0, 0.05) is 5.70 Å². The molecule has 0 saturated heterocycles. The van der Waals surface area contributed by atoms with Crippen LogP contribution in [0, 0.1) is 0 Å². The average Bonchev–Trinajstić information content (AvgIpc) is 1.82. The molecule has 12 heavy (non-hydrogen) atoms. The molecule has 1 atom stereocenters. The number of allylic oxidation sites excluding steroid dienone is 1. The Kier molecular flexibility index (Phi) is 2.32. The molecule has 3 N–H and O–H groups in total. The molecule has 4 nitrogen and oxygen atoms in total. The van der Waals surface area contributed by atoms with Gasteiger partial charge in [0.25, 0.3) is 0 Å². The highest BCUT2D eigenvalue weighted by molar-refractivity contribution is 7.80. The van der Waals surface area contributed by atoms with Gasteiger partial charge in [-0.15, -0.1) is 0 Å². The summed E-state index contributed by atoms with van der Waals surface area (Å²) in [6, 6.07) is -0.226. The van der Waals surface area contributed by atoms with E-state index in [2.05, 4.69) is 10.6 Å². The molecule has 0 saturated carbocycles. The molecule has 0 spiro atoms. The van der Waals surface area contributed by atoms with E-state index in [1.165, 1.54) is 0 Å². The van der Waals surface area contributed by atoms with Gasteiger partial charge in [0.1, 0.15) is 0 Å². The fraction of sp³-hybridized carbons (Fsp3) is 0.429. The Hall–Kier alpha value is -1.10. The molecule has 1 aliphatic heterocycles. The van der Waals surface area contributed by atoms with Crippen LogP contribution in [0.3, 0.4) is 0 Å².